The van der Waals surface area contributed by atoms with Gasteiger partial charge in [0.25, 0.3) is 0 Å². The van der Waals surface area contributed by atoms with Crippen LogP contribution < -0.4 is 10.1 Å². The van der Waals surface area contributed by atoms with Gasteiger partial charge in [0, 0.05) is 11.1 Å². The Balaban J connectivity index is 1.65. The molecule has 0 aliphatic rings. The van der Waals surface area contributed by atoms with Crippen LogP contribution in [0.4, 0.5) is 10.5 Å². The molecule has 1 amide bonds. The van der Waals surface area contributed by atoms with Gasteiger partial charge in [-0.1, -0.05) is 48.6 Å². The van der Waals surface area contributed by atoms with E-state index in [4.69, 9.17) is 9.84 Å². The molecule has 0 radical (unpaired) electrons. The molecule has 0 atom stereocenters. The standard InChI is InChI=1S/C24H21NO4/c26-17-19-9-12-21(13-10-19)29-15-5-4-6-18-11-14-23(25-24(27)28)22(16-18)20-7-2-1-3-8-20/h1-4,6-14,16-17,25H,5,15H2,(H,27,28)/b6-4+. The Morgan fingerprint density at radius 3 is 2.38 bits per heavy atom. The summed E-state index contributed by atoms with van der Waals surface area (Å²) in [5, 5.41) is 11.5. The maximum Gasteiger partial charge on any atom is 0.409 e. The Labute approximate surface area is 169 Å². The minimum absolute atomic E-state index is 0.515. The highest BCUT2D eigenvalue weighted by Crippen LogP contribution is 2.29. The van der Waals surface area contributed by atoms with Crippen molar-refractivity contribution in [3.63, 3.8) is 0 Å². The van der Waals surface area contributed by atoms with Gasteiger partial charge in [-0.2, -0.15) is 0 Å². The second kappa shape index (κ2) is 9.90. The van der Waals surface area contributed by atoms with E-state index in [9.17, 15) is 9.59 Å². The molecule has 0 unspecified atom stereocenters. The van der Waals surface area contributed by atoms with Crippen LogP contribution in [0.25, 0.3) is 17.2 Å². The first-order valence-electron chi connectivity index (χ1n) is 9.20. The monoisotopic (exact) mass is 387 g/mol. The van der Waals surface area contributed by atoms with Crippen LogP contribution >= 0.6 is 0 Å². The van der Waals surface area contributed by atoms with Crippen molar-refractivity contribution in [3.8, 4) is 16.9 Å². The fourth-order valence-electron chi connectivity index (χ4n) is 2.85. The van der Waals surface area contributed by atoms with Crippen LogP contribution in [0, 0.1) is 0 Å². The van der Waals surface area contributed by atoms with Crippen molar-refractivity contribution >= 4 is 24.1 Å². The van der Waals surface area contributed by atoms with Gasteiger partial charge >= 0.3 is 6.09 Å². The summed E-state index contributed by atoms with van der Waals surface area (Å²) in [6.45, 7) is 0.515. The molecule has 0 fully saturated rings. The number of hydrogen-bond acceptors (Lipinski definition) is 3. The van der Waals surface area contributed by atoms with Crippen LogP contribution in [0.5, 0.6) is 5.75 Å². The normalized spacial score (nSPS) is 10.6. The van der Waals surface area contributed by atoms with Crippen LogP contribution in [-0.4, -0.2) is 24.1 Å². The fourth-order valence-corrected chi connectivity index (χ4v) is 2.85. The number of rotatable bonds is 8. The first-order chi connectivity index (χ1) is 14.2. The molecule has 0 aliphatic carbocycles. The zero-order valence-corrected chi connectivity index (χ0v) is 15.7. The minimum atomic E-state index is -1.09. The number of anilines is 1. The highest BCUT2D eigenvalue weighted by Gasteiger charge is 2.08. The molecule has 0 heterocycles. The summed E-state index contributed by atoms with van der Waals surface area (Å²) in [4.78, 5) is 21.7. The van der Waals surface area contributed by atoms with E-state index in [1.165, 1.54) is 0 Å². The van der Waals surface area contributed by atoms with Crippen molar-refractivity contribution < 1.29 is 19.4 Å². The molecule has 29 heavy (non-hydrogen) atoms. The highest BCUT2D eigenvalue weighted by atomic mass is 16.5. The Morgan fingerprint density at radius 1 is 0.966 bits per heavy atom. The SMILES string of the molecule is O=Cc1ccc(OCC/C=C/c2ccc(NC(=O)O)c(-c3ccccc3)c2)cc1. The summed E-state index contributed by atoms with van der Waals surface area (Å²) < 4.78 is 5.66. The van der Waals surface area contributed by atoms with Crippen molar-refractivity contribution in [2.75, 3.05) is 11.9 Å². The van der Waals surface area contributed by atoms with Crippen molar-refractivity contribution in [2.24, 2.45) is 0 Å². The predicted molar refractivity (Wildman–Crippen MR) is 115 cm³/mol. The topological polar surface area (TPSA) is 75.6 Å². The number of benzene rings is 3. The largest absolute Gasteiger partial charge is 0.493 e. The molecule has 0 aromatic heterocycles. The van der Waals surface area contributed by atoms with Crippen molar-refractivity contribution in [1.82, 2.24) is 0 Å². The lowest BCUT2D eigenvalue weighted by atomic mass is 10.0. The number of nitrogens with one attached hydrogen (secondary N) is 1. The van der Waals surface area contributed by atoms with Gasteiger partial charge in [0.15, 0.2) is 0 Å². The van der Waals surface area contributed by atoms with Crippen molar-refractivity contribution in [3.05, 3.63) is 90.0 Å². The third-order valence-corrected chi connectivity index (χ3v) is 4.25. The Morgan fingerprint density at radius 2 is 1.69 bits per heavy atom. The van der Waals surface area contributed by atoms with E-state index in [1.54, 1.807) is 30.3 Å². The predicted octanol–water partition coefficient (Wildman–Crippen LogP) is 5.74. The molecule has 5 nitrogen and oxygen atoms in total. The van der Waals surface area contributed by atoms with Crippen LogP contribution in [-0.2, 0) is 0 Å². The number of amides is 1. The van der Waals surface area contributed by atoms with Crippen LogP contribution in [0.1, 0.15) is 22.3 Å². The maximum absolute atomic E-state index is 11.1. The highest BCUT2D eigenvalue weighted by molar-refractivity contribution is 5.91. The van der Waals surface area contributed by atoms with E-state index in [1.807, 2.05) is 54.6 Å². The van der Waals surface area contributed by atoms with E-state index in [0.717, 1.165) is 28.7 Å². The smallest absolute Gasteiger partial charge is 0.409 e. The molecule has 0 saturated heterocycles. The van der Waals surface area contributed by atoms with Gasteiger partial charge in [-0.15, -0.1) is 0 Å². The van der Waals surface area contributed by atoms with E-state index in [0.29, 0.717) is 24.3 Å². The molecule has 3 rings (SSSR count). The molecular formula is C24H21NO4. The van der Waals surface area contributed by atoms with Crippen LogP contribution in [0.3, 0.4) is 0 Å². The Hall–Kier alpha value is -3.86. The molecule has 5 heteroatoms. The first kappa shape index (κ1) is 19.9. The van der Waals surface area contributed by atoms with E-state index < -0.39 is 6.09 Å². The lowest BCUT2D eigenvalue weighted by Gasteiger charge is -2.11. The van der Waals surface area contributed by atoms with Crippen LogP contribution in [0.15, 0.2) is 78.9 Å². The second-order valence-electron chi connectivity index (χ2n) is 6.33. The quantitative estimate of drug-likeness (QED) is 0.382. The van der Waals surface area contributed by atoms with Gasteiger partial charge < -0.3 is 9.84 Å². The number of carbonyl (C=O) groups is 2. The molecule has 0 aliphatic heterocycles. The molecule has 0 saturated carbocycles. The fraction of sp³-hybridized carbons (Fsp3) is 0.0833. The number of ether oxygens (including phenoxy) is 1. The average molecular weight is 387 g/mol. The molecule has 0 spiro atoms. The third-order valence-electron chi connectivity index (χ3n) is 4.25. The van der Waals surface area contributed by atoms with Crippen molar-refractivity contribution in [2.45, 2.75) is 6.42 Å². The van der Waals surface area contributed by atoms with E-state index >= 15 is 0 Å². The van der Waals surface area contributed by atoms with Crippen molar-refractivity contribution in [1.29, 1.82) is 0 Å². The minimum Gasteiger partial charge on any atom is -0.493 e. The number of carbonyl (C=O) groups excluding carboxylic acids is 1. The Bertz CT molecular complexity index is 995. The third kappa shape index (κ3) is 5.81. The Kier molecular flexibility index (Phi) is 6.79. The summed E-state index contributed by atoms with van der Waals surface area (Å²) in [5.74, 6) is 0.722. The second-order valence-corrected chi connectivity index (χ2v) is 6.33. The molecule has 2 N–H and O–H groups in total. The number of hydrogen-bond donors (Lipinski definition) is 2. The zero-order chi connectivity index (χ0) is 20.5. The van der Waals surface area contributed by atoms with Gasteiger partial charge in [-0.3, -0.25) is 10.1 Å². The van der Waals surface area contributed by atoms with E-state index in [-0.39, 0.29) is 0 Å². The molecule has 3 aromatic carbocycles. The summed E-state index contributed by atoms with van der Waals surface area (Å²) >= 11 is 0. The van der Waals surface area contributed by atoms with Gasteiger partial charge in [0.1, 0.15) is 12.0 Å². The first-order valence-corrected chi connectivity index (χ1v) is 9.20. The van der Waals surface area contributed by atoms with Gasteiger partial charge in [-0.05, 0) is 53.9 Å². The molecular weight excluding hydrogens is 366 g/mol. The van der Waals surface area contributed by atoms with E-state index in [2.05, 4.69) is 5.32 Å². The average Bonchev–Trinajstić information content (AvgIpc) is 2.75. The lowest BCUT2D eigenvalue weighted by Crippen LogP contribution is -2.08. The summed E-state index contributed by atoms with van der Waals surface area (Å²) in [6.07, 6.45) is 4.41. The molecule has 146 valence electrons. The van der Waals surface area contributed by atoms with Gasteiger partial charge in [-0.25, -0.2) is 4.79 Å². The lowest BCUT2D eigenvalue weighted by molar-refractivity contribution is 0.112. The van der Waals surface area contributed by atoms with Gasteiger partial charge in [0.05, 0.1) is 12.3 Å². The summed E-state index contributed by atoms with van der Waals surface area (Å²) in [6, 6.07) is 22.2. The summed E-state index contributed by atoms with van der Waals surface area (Å²) in [5.41, 5.74) is 3.89. The zero-order valence-electron chi connectivity index (χ0n) is 15.7. The number of carboxylic acid groups (broad SMARTS) is 1. The molecule has 0 bridgehead atoms. The van der Waals surface area contributed by atoms with Gasteiger partial charge in [0.2, 0.25) is 0 Å². The van der Waals surface area contributed by atoms with Crippen LogP contribution in [0.2, 0.25) is 0 Å². The summed E-state index contributed by atoms with van der Waals surface area (Å²) in [7, 11) is 0. The number of aldehydes is 1. The molecule has 3 aromatic rings. The maximum atomic E-state index is 11.1.